The minimum Gasteiger partial charge on any atom is -0.321 e. The molecule has 0 bridgehead atoms. The number of anilines is 1. The Hall–Kier alpha value is -2.46. The number of aromatic nitrogens is 1. The van der Waals surface area contributed by atoms with E-state index in [0.717, 1.165) is 33.1 Å². The van der Waals surface area contributed by atoms with Gasteiger partial charge in [-0.25, -0.2) is 4.98 Å². The smallest absolute Gasteiger partial charge is 0.267 e. The molecule has 116 valence electrons. The Bertz CT molecular complexity index is 833. The summed E-state index contributed by atoms with van der Waals surface area (Å²) < 4.78 is 0. The van der Waals surface area contributed by atoms with Gasteiger partial charge in [-0.3, -0.25) is 4.79 Å². The van der Waals surface area contributed by atoms with Gasteiger partial charge in [0.05, 0.1) is 5.69 Å². The first-order chi connectivity index (χ1) is 11.0. The Balaban J connectivity index is 1.87. The van der Waals surface area contributed by atoms with Crippen molar-refractivity contribution in [2.75, 3.05) is 5.32 Å². The van der Waals surface area contributed by atoms with Crippen LogP contribution in [0.3, 0.4) is 0 Å². The molecular formula is C19H18N2OS. The average molecular weight is 322 g/mol. The minimum absolute atomic E-state index is 0.104. The number of carbonyl (C=O) groups is 1. The molecule has 0 fully saturated rings. The largest absolute Gasteiger partial charge is 0.321 e. The van der Waals surface area contributed by atoms with Crippen LogP contribution < -0.4 is 5.32 Å². The molecule has 0 spiro atoms. The van der Waals surface area contributed by atoms with Crippen LogP contribution in [0, 0.1) is 20.8 Å². The maximum atomic E-state index is 12.6. The van der Waals surface area contributed by atoms with E-state index in [1.54, 1.807) is 0 Å². The first-order valence-corrected chi connectivity index (χ1v) is 8.27. The summed E-state index contributed by atoms with van der Waals surface area (Å²) in [5.74, 6) is -0.104. The molecule has 0 atom stereocenters. The molecule has 1 N–H and O–H groups in total. The van der Waals surface area contributed by atoms with Crippen molar-refractivity contribution in [1.82, 2.24) is 4.98 Å². The number of hydrogen-bond acceptors (Lipinski definition) is 3. The predicted molar refractivity (Wildman–Crippen MR) is 96.2 cm³/mol. The van der Waals surface area contributed by atoms with Crippen LogP contribution in [0.15, 0.2) is 48.5 Å². The fourth-order valence-electron chi connectivity index (χ4n) is 2.55. The van der Waals surface area contributed by atoms with Crippen molar-refractivity contribution < 1.29 is 4.79 Å². The molecule has 2 aromatic carbocycles. The highest BCUT2D eigenvalue weighted by molar-refractivity contribution is 7.17. The second-order valence-corrected chi connectivity index (χ2v) is 6.63. The van der Waals surface area contributed by atoms with Crippen LogP contribution in [-0.2, 0) is 0 Å². The molecule has 0 saturated carbocycles. The highest BCUT2D eigenvalue weighted by Crippen LogP contribution is 2.28. The van der Waals surface area contributed by atoms with Crippen molar-refractivity contribution in [3.63, 3.8) is 0 Å². The SMILES string of the molecule is Cc1cc(C)cc(NC(=O)c2sc(-c3ccccc3)nc2C)c1. The van der Waals surface area contributed by atoms with Gasteiger partial charge in [-0.05, 0) is 44.0 Å². The maximum absolute atomic E-state index is 12.6. The van der Waals surface area contributed by atoms with Gasteiger partial charge in [0, 0.05) is 11.3 Å². The standard InChI is InChI=1S/C19H18N2OS/c1-12-9-13(2)11-16(10-12)21-18(22)17-14(3)20-19(23-17)15-7-5-4-6-8-15/h4-11H,1-3H3,(H,21,22). The summed E-state index contributed by atoms with van der Waals surface area (Å²) in [5, 5.41) is 3.85. The van der Waals surface area contributed by atoms with Crippen molar-refractivity contribution >= 4 is 22.9 Å². The second kappa shape index (κ2) is 6.34. The van der Waals surface area contributed by atoms with E-state index in [0.29, 0.717) is 4.88 Å². The summed E-state index contributed by atoms with van der Waals surface area (Å²) >= 11 is 1.43. The molecule has 4 heteroatoms. The molecule has 1 amide bonds. The van der Waals surface area contributed by atoms with Gasteiger partial charge in [-0.2, -0.15) is 0 Å². The third-order valence-corrected chi connectivity index (χ3v) is 4.71. The Morgan fingerprint density at radius 1 is 1.00 bits per heavy atom. The van der Waals surface area contributed by atoms with Gasteiger partial charge in [0.25, 0.3) is 5.91 Å². The molecule has 0 aliphatic carbocycles. The summed E-state index contributed by atoms with van der Waals surface area (Å²) in [6.45, 7) is 5.92. The van der Waals surface area contributed by atoms with E-state index in [1.807, 2.05) is 63.2 Å². The Morgan fingerprint density at radius 2 is 1.65 bits per heavy atom. The Kier molecular flexibility index (Phi) is 4.26. The number of hydrogen-bond donors (Lipinski definition) is 1. The third-order valence-electron chi connectivity index (χ3n) is 3.50. The quantitative estimate of drug-likeness (QED) is 0.738. The molecule has 3 nitrogen and oxygen atoms in total. The molecule has 0 aliphatic rings. The number of nitrogens with zero attached hydrogens (tertiary/aromatic N) is 1. The molecule has 1 aromatic heterocycles. The zero-order chi connectivity index (χ0) is 16.4. The van der Waals surface area contributed by atoms with Gasteiger partial charge in [-0.15, -0.1) is 11.3 Å². The molecule has 1 heterocycles. The van der Waals surface area contributed by atoms with Gasteiger partial charge in [0.1, 0.15) is 9.88 Å². The average Bonchev–Trinajstić information content (AvgIpc) is 2.89. The summed E-state index contributed by atoms with van der Waals surface area (Å²) in [7, 11) is 0. The zero-order valence-corrected chi connectivity index (χ0v) is 14.2. The van der Waals surface area contributed by atoms with Crippen molar-refractivity contribution in [3.8, 4) is 10.6 Å². The number of thiazole rings is 1. The summed E-state index contributed by atoms with van der Waals surface area (Å²) in [6.07, 6.45) is 0. The van der Waals surface area contributed by atoms with Crippen LogP contribution in [0.4, 0.5) is 5.69 Å². The fraction of sp³-hybridized carbons (Fsp3) is 0.158. The highest BCUT2D eigenvalue weighted by atomic mass is 32.1. The Labute approximate surface area is 140 Å². The highest BCUT2D eigenvalue weighted by Gasteiger charge is 2.16. The number of carbonyl (C=O) groups excluding carboxylic acids is 1. The predicted octanol–water partition coefficient (Wildman–Crippen LogP) is 4.99. The molecular weight excluding hydrogens is 304 g/mol. The zero-order valence-electron chi connectivity index (χ0n) is 13.4. The van der Waals surface area contributed by atoms with E-state index in [9.17, 15) is 4.79 Å². The lowest BCUT2D eigenvalue weighted by Crippen LogP contribution is -2.11. The topological polar surface area (TPSA) is 42.0 Å². The molecule has 3 rings (SSSR count). The van der Waals surface area contributed by atoms with Crippen molar-refractivity contribution in [1.29, 1.82) is 0 Å². The second-order valence-electron chi connectivity index (χ2n) is 5.63. The summed E-state index contributed by atoms with van der Waals surface area (Å²) in [4.78, 5) is 17.8. The normalized spacial score (nSPS) is 10.6. The molecule has 0 unspecified atom stereocenters. The van der Waals surface area contributed by atoms with E-state index in [-0.39, 0.29) is 5.91 Å². The number of amides is 1. The van der Waals surface area contributed by atoms with Crippen LogP contribution in [0.1, 0.15) is 26.5 Å². The van der Waals surface area contributed by atoms with Crippen LogP contribution in [0.25, 0.3) is 10.6 Å². The van der Waals surface area contributed by atoms with Crippen molar-refractivity contribution in [2.45, 2.75) is 20.8 Å². The van der Waals surface area contributed by atoms with Gasteiger partial charge >= 0.3 is 0 Å². The van der Waals surface area contributed by atoms with Crippen molar-refractivity contribution in [3.05, 3.63) is 70.2 Å². The monoisotopic (exact) mass is 322 g/mol. The first kappa shape index (κ1) is 15.4. The third kappa shape index (κ3) is 3.48. The summed E-state index contributed by atoms with van der Waals surface area (Å²) in [5.41, 5.74) is 4.88. The van der Waals surface area contributed by atoms with Gasteiger partial charge in [0.2, 0.25) is 0 Å². The lowest BCUT2D eigenvalue weighted by molar-refractivity contribution is 0.103. The first-order valence-electron chi connectivity index (χ1n) is 7.45. The molecule has 23 heavy (non-hydrogen) atoms. The maximum Gasteiger partial charge on any atom is 0.267 e. The van der Waals surface area contributed by atoms with E-state index >= 15 is 0 Å². The van der Waals surface area contributed by atoms with Gasteiger partial charge in [0.15, 0.2) is 0 Å². The van der Waals surface area contributed by atoms with Gasteiger partial charge in [-0.1, -0.05) is 36.4 Å². The number of nitrogens with one attached hydrogen (secondary N) is 1. The van der Waals surface area contributed by atoms with E-state index in [1.165, 1.54) is 11.3 Å². The Morgan fingerprint density at radius 3 is 2.30 bits per heavy atom. The van der Waals surface area contributed by atoms with E-state index in [2.05, 4.69) is 16.4 Å². The fourth-order valence-corrected chi connectivity index (χ4v) is 3.51. The number of rotatable bonds is 3. The number of benzene rings is 2. The van der Waals surface area contributed by atoms with Gasteiger partial charge < -0.3 is 5.32 Å². The molecule has 0 radical (unpaired) electrons. The molecule has 0 saturated heterocycles. The minimum atomic E-state index is -0.104. The van der Waals surface area contributed by atoms with E-state index in [4.69, 9.17) is 0 Å². The lowest BCUT2D eigenvalue weighted by atomic mass is 10.1. The van der Waals surface area contributed by atoms with Crippen LogP contribution in [0.5, 0.6) is 0 Å². The molecule has 0 aliphatic heterocycles. The summed E-state index contributed by atoms with van der Waals surface area (Å²) in [6, 6.07) is 16.0. The van der Waals surface area contributed by atoms with Crippen LogP contribution in [-0.4, -0.2) is 10.9 Å². The van der Waals surface area contributed by atoms with Crippen LogP contribution in [0.2, 0.25) is 0 Å². The van der Waals surface area contributed by atoms with E-state index < -0.39 is 0 Å². The number of aryl methyl sites for hydroxylation is 3. The van der Waals surface area contributed by atoms with Crippen molar-refractivity contribution in [2.24, 2.45) is 0 Å². The lowest BCUT2D eigenvalue weighted by Gasteiger charge is -2.06. The molecule has 3 aromatic rings. The van der Waals surface area contributed by atoms with Crippen LogP contribution >= 0.6 is 11.3 Å².